The minimum atomic E-state index is -1.28. The highest BCUT2D eigenvalue weighted by Gasteiger charge is 2.16. The number of hydrogen-bond donors (Lipinski definition) is 0. The van der Waals surface area contributed by atoms with Crippen LogP contribution in [-0.2, 0) is 0 Å². The van der Waals surface area contributed by atoms with Crippen LogP contribution in [-0.4, -0.2) is 21.6 Å². The lowest BCUT2D eigenvalue weighted by Gasteiger charge is -2.14. The van der Waals surface area contributed by atoms with Crippen molar-refractivity contribution >= 4 is 5.97 Å². The van der Waals surface area contributed by atoms with Gasteiger partial charge in [-0.2, -0.15) is 0 Å². The minimum absolute atomic E-state index is 0.0767. The molecule has 1 heterocycles. The molecular weight excluding hydrogens is 256 g/mol. The summed E-state index contributed by atoms with van der Waals surface area (Å²) in [5.74, 6) is -0.472. The van der Waals surface area contributed by atoms with Gasteiger partial charge in [0, 0.05) is 12.3 Å². The average Bonchev–Trinajstić information content (AvgIpc) is 3.09. The summed E-state index contributed by atoms with van der Waals surface area (Å²) in [5, 5.41) is 10.7. The fourth-order valence-electron chi connectivity index (χ4n) is 2.49. The van der Waals surface area contributed by atoms with Crippen LogP contribution in [0, 0.1) is 0 Å². The monoisotopic (exact) mass is 271 g/mol. The Bertz CT molecular complexity index is 615. The third-order valence-electron chi connectivity index (χ3n) is 3.51. The molecule has 0 saturated heterocycles. The molecular formula is C15H15N2O3-. The molecule has 1 aliphatic rings. The summed E-state index contributed by atoms with van der Waals surface area (Å²) in [6.07, 6.45) is 7.84. The zero-order valence-electron chi connectivity index (χ0n) is 11.0. The van der Waals surface area contributed by atoms with Gasteiger partial charge in [-0.15, -0.1) is 0 Å². The fraction of sp³-hybridized carbons (Fsp3) is 0.333. The number of aromatic carboxylic acids is 1. The van der Waals surface area contributed by atoms with Crippen LogP contribution >= 0.6 is 0 Å². The highest BCUT2D eigenvalue weighted by Crippen LogP contribution is 2.25. The van der Waals surface area contributed by atoms with Gasteiger partial charge >= 0.3 is 0 Å². The molecule has 1 aromatic heterocycles. The van der Waals surface area contributed by atoms with Crippen molar-refractivity contribution < 1.29 is 14.6 Å². The minimum Gasteiger partial charge on any atom is -0.543 e. The number of carbonyl (C=O) groups is 1. The molecule has 0 atom stereocenters. The highest BCUT2D eigenvalue weighted by atomic mass is 16.5. The summed E-state index contributed by atoms with van der Waals surface area (Å²) < 4.78 is 7.57. The molecule has 20 heavy (non-hydrogen) atoms. The largest absolute Gasteiger partial charge is 0.543 e. The van der Waals surface area contributed by atoms with Crippen molar-refractivity contribution in [2.24, 2.45) is 0 Å². The van der Waals surface area contributed by atoms with Gasteiger partial charge < -0.3 is 19.2 Å². The zero-order chi connectivity index (χ0) is 13.9. The van der Waals surface area contributed by atoms with E-state index in [1.165, 1.54) is 25.4 Å². The van der Waals surface area contributed by atoms with Crippen LogP contribution in [0.15, 0.2) is 36.8 Å². The molecule has 0 unspecified atom stereocenters. The topological polar surface area (TPSA) is 67.2 Å². The van der Waals surface area contributed by atoms with E-state index in [9.17, 15) is 9.90 Å². The predicted octanol–water partition coefficient (Wildman–Crippen LogP) is 1.56. The first-order chi connectivity index (χ1) is 9.72. The van der Waals surface area contributed by atoms with Crippen LogP contribution in [0.25, 0.3) is 5.69 Å². The normalized spacial score (nSPS) is 15.4. The second-order valence-corrected chi connectivity index (χ2v) is 4.98. The van der Waals surface area contributed by atoms with E-state index in [0.29, 0.717) is 6.10 Å². The van der Waals surface area contributed by atoms with Crippen molar-refractivity contribution in [2.75, 3.05) is 0 Å². The smallest absolute Gasteiger partial charge is 0.121 e. The number of benzene rings is 1. The lowest BCUT2D eigenvalue weighted by atomic mass is 10.2. The maximum Gasteiger partial charge on any atom is 0.121 e. The third kappa shape index (κ3) is 2.66. The van der Waals surface area contributed by atoms with E-state index in [4.69, 9.17) is 4.74 Å². The number of nitrogens with zero attached hydrogens (tertiary/aromatic N) is 2. The molecule has 2 aromatic rings. The average molecular weight is 271 g/mol. The molecule has 0 amide bonds. The molecule has 1 aromatic carbocycles. The van der Waals surface area contributed by atoms with Crippen LogP contribution in [0.2, 0.25) is 0 Å². The highest BCUT2D eigenvalue weighted by molar-refractivity contribution is 5.83. The van der Waals surface area contributed by atoms with E-state index < -0.39 is 5.97 Å². The SMILES string of the molecule is O=C([O-])c1cn(-c2cccc(OC3CCCC3)c2)cn1. The molecule has 1 aliphatic carbocycles. The molecule has 1 fully saturated rings. The Morgan fingerprint density at radius 3 is 2.85 bits per heavy atom. The number of carboxylic acid groups (broad SMARTS) is 1. The number of aromatic nitrogens is 2. The van der Waals surface area contributed by atoms with Crippen LogP contribution in [0.5, 0.6) is 5.75 Å². The lowest BCUT2D eigenvalue weighted by Crippen LogP contribution is -2.22. The van der Waals surface area contributed by atoms with Gasteiger partial charge in [-0.05, 0) is 37.8 Å². The Labute approximate surface area is 116 Å². The first-order valence-corrected chi connectivity index (χ1v) is 6.75. The molecule has 1 saturated carbocycles. The molecule has 0 spiro atoms. The van der Waals surface area contributed by atoms with Crippen LogP contribution in [0.4, 0.5) is 0 Å². The predicted molar refractivity (Wildman–Crippen MR) is 70.8 cm³/mol. The van der Waals surface area contributed by atoms with Crippen molar-refractivity contribution in [1.29, 1.82) is 0 Å². The van der Waals surface area contributed by atoms with Crippen molar-refractivity contribution in [2.45, 2.75) is 31.8 Å². The molecule has 5 nitrogen and oxygen atoms in total. The quantitative estimate of drug-likeness (QED) is 0.846. The molecule has 104 valence electrons. The van der Waals surface area contributed by atoms with E-state index in [1.807, 2.05) is 24.3 Å². The third-order valence-corrected chi connectivity index (χ3v) is 3.51. The van der Waals surface area contributed by atoms with E-state index in [0.717, 1.165) is 24.3 Å². The van der Waals surface area contributed by atoms with Gasteiger partial charge in [0.05, 0.1) is 24.1 Å². The lowest BCUT2D eigenvalue weighted by molar-refractivity contribution is -0.255. The van der Waals surface area contributed by atoms with Gasteiger partial charge in [0.1, 0.15) is 11.4 Å². The van der Waals surface area contributed by atoms with Crippen LogP contribution in [0.3, 0.4) is 0 Å². The van der Waals surface area contributed by atoms with Gasteiger partial charge in [0.15, 0.2) is 0 Å². The van der Waals surface area contributed by atoms with Gasteiger partial charge in [-0.1, -0.05) is 6.07 Å². The molecule has 0 bridgehead atoms. The van der Waals surface area contributed by atoms with Crippen LogP contribution < -0.4 is 9.84 Å². The second kappa shape index (κ2) is 5.36. The summed E-state index contributed by atoms with van der Waals surface area (Å²) >= 11 is 0. The van der Waals surface area contributed by atoms with E-state index in [1.54, 1.807) is 4.57 Å². The Morgan fingerprint density at radius 2 is 2.15 bits per heavy atom. The van der Waals surface area contributed by atoms with E-state index in [2.05, 4.69) is 4.98 Å². The molecule has 0 N–H and O–H groups in total. The molecule has 5 heteroatoms. The van der Waals surface area contributed by atoms with Gasteiger partial charge in [-0.3, -0.25) is 0 Å². The number of rotatable bonds is 4. The first kappa shape index (κ1) is 12.7. The summed E-state index contributed by atoms with van der Waals surface area (Å²) in [5.41, 5.74) is 0.743. The van der Waals surface area contributed by atoms with Gasteiger partial charge in [0.2, 0.25) is 0 Å². The van der Waals surface area contributed by atoms with E-state index >= 15 is 0 Å². The van der Waals surface area contributed by atoms with Crippen molar-refractivity contribution in [3.63, 3.8) is 0 Å². The second-order valence-electron chi connectivity index (χ2n) is 4.98. The summed E-state index contributed by atoms with van der Waals surface area (Å²) in [7, 11) is 0. The number of hydrogen-bond acceptors (Lipinski definition) is 4. The number of carboxylic acids is 1. The Kier molecular flexibility index (Phi) is 3.41. The van der Waals surface area contributed by atoms with Crippen molar-refractivity contribution in [3.05, 3.63) is 42.5 Å². The molecule has 0 radical (unpaired) electrons. The van der Waals surface area contributed by atoms with Gasteiger partial charge in [0.25, 0.3) is 0 Å². The Morgan fingerprint density at radius 1 is 1.35 bits per heavy atom. The zero-order valence-corrected chi connectivity index (χ0v) is 11.0. The Balaban J connectivity index is 1.80. The first-order valence-electron chi connectivity index (χ1n) is 6.75. The Hall–Kier alpha value is -2.30. The van der Waals surface area contributed by atoms with Crippen molar-refractivity contribution in [1.82, 2.24) is 9.55 Å². The summed E-state index contributed by atoms with van der Waals surface area (Å²) in [6, 6.07) is 7.57. The van der Waals surface area contributed by atoms with Crippen molar-refractivity contribution in [3.8, 4) is 11.4 Å². The number of carbonyl (C=O) groups excluding carboxylic acids is 1. The standard InChI is InChI=1S/C15H16N2O3/c18-15(19)14-9-17(10-16-14)11-4-3-7-13(8-11)20-12-5-1-2-6-12/h3-4,7-10,12H,1-2,5-6H2,(H,18,19)/p-1. The van der Waals surface area contributed by atoms with Gasteiger partial charge in [-0.25, -0.2) is 4.98 Å². The molecule has 0 aliphatic heterocycles. The van der Waals surface area contributed by atoms with E-state index in [-0.39, 0.29) is 5.69 Å². The fourth-order valence-corrected chi connectivity index (χ4v) is 2.49. The number of imidazole rings is 1. The maximum atomic E-state index is 10.7. The molecule has 3 rings (SSSR count). The van der Waals surface area contributed by atoms with Crippen LogP contribution in [0.1, 0.15) is 36.2 Å². The summed E-state index contributed by atoms with van der Waals surface area (Å²) in [6.45, 7) is 0. The number of ether oxygens (including phenoxy) is 1. The summed E-state index contributed by atoms with van der Waals surface area (Å²) in [4.78, 5) is 14.5. The maximum absolute atomic E-state index is 10.7.